The van der Waals surface area contributed by atoms with Crippen molar-refractivity contribution in [2.24, 2.45) is 7.05 Å². The Bertz CT molecular complexity index is 881. The van der Waals surface area contributed by atoms with E-state index in [0.717, 1.165) is 18.2 Å². The molecule has 0 fully saturated rings. The molecule has 0 saturated heterocycles. The Balaban J connectivity index is 2.38. The van der Waals surface area contributed by atoms with Crippen molar-refractivity contribution in [3.8, 4) is 11.3 Å². The second-order valence-electron chi connectivity index (χ2n) is 5.92. The van der Waals surface area contributed by atoms with Gasteiger partial charge in [0.05, 0.1) is 12.3 Å². The predicted molar refractivity (Wildman–Crippen MR) is 94.1 cm³/mol. The van der Waals surface area contributed by atoms with E-state index >= 15 is 0 Å². The molecule has 0 spiro atoms. The van der Waals surface area contributed by atoms with Gasteiger partial charge in [0, 0.05) is 6.07 Å². The molecule has 0 unspecified atom stereocenters. The van der Waals surface area contributed by atoms with Gasteiger partial charge in [0.1, 0.15) is 7.05 Å². The summed E-state index contributed by atoms with van der Waals surface area (Å²) < 4.78 is 10.1. The fraction of sp³-hybridized carbons (Fsp3) is 0.286. The minimum absolute atomic E-state index is 0.561. The van der Waals surface area contributed by atoms with Gasteiger partial charge in [-0.3, -0.25) is 0 Å². The van der Waals surface area contributed by atoms with Crippen molar-refractivity contribution in [3.63, 3.8) is 0 Å². The number of aryl methyl sites for hydroxylation is 3. The lowest BCUT2D eigenvalue weighted by Crippen LogP contribution is -2.30. The molecule has 0 N–H and O–H groups in total. The van der Waals surface area contributed by atoms with Crippen molar-refractivity contribution >= 4 is 10.8 Å². The summed E-state index contributed by atoms with van der Waals surface area (Å²) in [6.07, 6.45) is 4.20. The molecule has 1 nitrogen and oxygen atoms in total. The number of hydrogen-bond acceptors (Lipinski definition) is 0. The van der Waals surface area contributed by atoms with Gasteiger partial charge in [0.25, 0.3) is 0 Å². The first kappa shape index (κ1) is 13.5. The third-order valence-electron chi connectivity index (χ3n) is 4.60. The molecule has 3 aromatic rings. The van der Waals surface area contributed by atoms with Crippen LogP contribution in [-0.2, 0) is 19.9 Å². The molecule has 3 rings (SSSR count). The van der Waals surface area contributed by atoms with Crippen LogP contribution in [0.2, 0.25) is 0 Å². The molecule has 112 valence electrons. The lowest BCUT2D eigenvalue weighted by molar-refractivity contribution is -0.659. The summed E-state index contributed by atoms with van der Waals surface area (Å²) in [7, 11) is 2.10. The van der Waals surface area contributed by atoms with E-state index in [1.165, 1.54) is 33.3 Å². The summed E-state index contributed by atoms with van der Waals surface area (Å²) in [4.78, 5) is 0. The molecule has 22 heavy (non-hydrogen) atoms. The van der Waals surface area contributed by atoms with E-state index in [0.29, 0.717) is 6.04 Å². The van der Waals surface area contributed by atoms with Gasteiger partial charge >= 0.3 is 0 Å². The lowest BCUT2D eigenvalue weighted by atomic mass is 9.92. The number of hydrogen-bond donors (Lipinski definition) is 0. The molecule has 0 atom stereocenters. The number of pyridine rings is 1. The highest BCUT2D eigenvalue weighted by molar-refractivity contribution is 5.93. The van der Waals surface area contributed by atoms with Crippen LogP contribution in [0, 0.1) is 6.92 Å². The van der Waals surface area contributed by atoms with E-state index < -0.39 is 0 Å². The van der Waals surface area contributed by atoms with Crippen molar-refractivity contribution in [3.05, 3.63) is 65.3 Å². The minimum atomic E-state index is 0.561. The van der Waals surface area contributed by atoms with E-state index in [-0.39, 0.29) is 0 Å². The number of benzene rings is 2. The van der Waals surface area contributed by atoms with E-state index in [4.69, 9.17) is 1.37 Å². The molecule has 0 saturated carbocycles. The first-order chi connectivity index (χ1) is 11.0. The Morgan fingerprint density at radius 3 is 2.64 bits per heavy atom. The van der Waals surface area contributed by atoms with Crippen LogP contribution in [-0.4, -0.2) is 0 Å². The van der Waals surface area contributed by atoms with Crippen LogP contribution in [0.15, 0.2) is 48.6 Å². The number of rotatable bonds is 3. The third kappa shape index (κ3) is 2.41. The Labute approximate surface area is 134 Å². The zero-order valence-corrected chi connectivity index (χ0v) is 13.9. The maximum absolute atomic E-state index is 7.87. The first-order valence-electron chi connectivity index (χ1n) is 8.57. The monoisotopic (exact) mass is 291 g/mol. The first-order valence-corrected chi connectivity index (χ1v) is 8.07. The van der Waals surface area contributed by atoms with Gasteiger partial charge in [0.2, 0.25) is 5.69 Å². The van der Waals surface area contributed by atoms with Crippen molar-refractivity contribution < 1.29 is 5.94 Å². The third-order valence-corrected chi connectivity index (χ3v) is 4.60. The highest BCUT2D eigenvalue weighted by atomic mass is 14.9. The zero-order chi connectivity index (χ0) is 16.6. The van der Waals surface area contributed by atoms with E-state index in [1.54, 1.807) is 0 Å². The minimum Gasteiger partial charge on any atom is -0.200 e. The number of fused-ring (bicyclic) bond motifs is 1. The van der Waals surface area contributed by atoms with Crippen LogP contribution >= 0.6 is 0 Å². The molecular formula is C21H24N+. The molecule has 1 heteroatoms. The SMILES string of the molecule is [2H]c1ccc2c(-c3cc(CC)cc(CC)c3C)[n+](C)ccc2c1. The molecular weight excluding hydrogens is 266 g/mol. The van der Waals surface area contributed by atoms with Crippen molar-refractivity contribution in [1.29, 1.82) is 0 Å². The molecule has 1 heterocycles. The largest absolute Gasteiger partial charge is 0.220 e. The van der Waals surface area contributed by atoms with Gasteiger partial charge in [-0.15, -0.1) is 0 Å². The Kier molecular flexibility index (Phi) is 3.64. The summed E-state index contributed by atoms with van der Waals surface area (Å²) in [6.45, 7) is 6.66. The summed E-state index contributed by atoms with van der Waals surface area (Å²) >= 11 is 0. The number of nitrogens with zero attached hydrogens (tertiary/aromatic N) is 1. The Morgan fingerprint density at radius 1 is 1.09 bits per heavy atom. The lowest BCUT2D eigenvalue weighted by Gasteiger charge is -2.13. The molecule has 0 radical (unpaired) electrons. The van der Waals surface area contributed by atoms with Crippen LogP contribution in [0.4, 0.5) is 0 Å². The van der Waals surface area contributed by atoms with Gasteiger partial charge < -0.3 is 0 Å². The fourth-order valence-corrected chi connectivity index (χ4v) is 3.25. The number of aromatic nitrogens is 1. The summed E-state index contributed by atoms with van der Waals surface area (Å²) in [6, 6.07) is 13.2. The van der Waals surface area contributed by atoms with Crippen LogP contribution in [0.25, 0.3) is 22.0 Å². The maximum Gasteiger partial charge on any atom is 0.220 e. The normalized spacial score (nSPS) is 11.7. The van der Waals surface area contributed by atoms with E-state index in [9.17, 15) is 0 Å². The molecule has 0 aliphatic heterocycles. The quantitative estimate of drug-likeness (QED) is 0.612. The van der Waals surface area contributed by atoms with Gasteiger partial charge in [-0.25, -0.2) is 4.57 Å². The van der Waals surface area contributed by atoms with Gasteiger partial charge in [-0.1, -0.05) is 38.1 Å². The average molecular weight is 291 g/mol. The maximum atomic E-state index is 7.87. The van der Waals surface area contributed by atoms with Crippen molar-refractivity contribution in [2.45, 2.75) is 33.6 Å². The summed E-state index contributed by atoms with van der Waals surface area (Å²) in [5.41, 5.74) is 6.73. The standard InChI is InChI=1S/C21H24N/c1-5-16-13-17(6-2)15(3)20(14-16)21-19-10-8-7-9-18(19)11-12-22(21)4/h7-14H,5-6H2,1-4H3/q+1/i7D. The molecule has 0 bridgehead atoms. The van der Waals surface area contributed by atoms with Crippen LogP contribution in [0.5, 0.6) is 0 Å². The topological polar surface area (TPSA) is 3.88 Å². The zero-order valence-electron chi connectivity index (χ0n) is 14.9. The highest BCUT2D eigenvalue weighted by Gasteiger charge is 2.18. The molecule has 0 amide bonds. The molecule has 2 aromatic carbocycles. The summed E-state index contributed by atoms with van der Waals surface area (Å²) in [5, 5.41) is 2.34. The van der Waals surface area contributed by atoms with Gasteiger partial charge in [0.15, 0.2) is 6.20 Å². The van der Waals surface area contributed by atoms with Gasteiger partial charge in [-0.2, -0.15) is 0 Å². The fourth-order valence-electron chi connectivity index (χ4n) is 3.25. The van der Waals surface area contributed by atoms with E-state index in [2.05, 4.69) is 62.8 Å². The van der Waals surface area contributed by atoms with Crippen molar-refractivity contribution in [1.82, 2.24) is 0 Å². The Morgan fingerprint density at radius 2 is 1.91 bits per heavy atom. The average Bonchev–Trinajstić information content (AvgIpc) is 2.55. The second-order valence-corrected chi connectivity index (χ2v) is 5.92. The smallest absolute Gasteiger partial charge is 0.200 e. The van der Waals surface area contributed by atoms with Gasteiger partial charge in [-0.05, 0) is 54.0 Å². The van der Waals surface area contributed by atoms with Crippen LogP contribution < -0.4 is 4.57 Å². The highest BCUT2D eigenvalue weighted by Crippen LogP contribution is 2.30. The van der Waals surface area contributed by atoms with Crippen LogP contribution in [0.3, 0.4) is 0 Å². The molecule has 1 aromatic heterocycles. The van der Waals surface area contributed by atoms with Crippen molar-refractivity contribution in [2.75, 3.05) is 0 Å². The van der Waals surface area contributed by atoms with Crippen LogP contribution in [0.1, 0.15) is 31.9 Å². The molecule has 0 aliphatic rings. The predicted octanol–water partition coefficient (Wildman–Crippen LogP) is 4.76. The second kappa shape index (κ2) is 5.92. The summed E-state index contributed by atoms with van der Waals surface area (Å²) in [5.74, 6) is 0. The van der Waals surface area contributed by atoms with E-state index in [1.807, 2.05) is 12.1 Å². The molecule has 0 aliphatic carbocycles. The Hall–Kier alpha value is -2.15.